The molecule has 5 heteroatoms. The molecule has 4 nitrogen and oxygen atoms in total. The molecule has 1 atom stereocenters. The smallest absolute Gasteiger partial charge is 0.348 e. The largest absolute Gasteiger partial charge is 0.462 e. The second-order valence-electron chi connectivity index (χ2n) is 4.24. The van der Waals surface area contributed by atoms with Crippen molar-refractivity contribution >= 4 is 27.4 Å². The number of thiophene rings is 1. The van der Waals surface area contributed by atoms with Gasteiger partial charge in [-0.25, -0.2) is 4.79 Å². The van der Waals surface area contributed by atoms with Crippen molar-refractivity contribution in [2.75, 3.05) is 6.61 Å². The molecule has 0 saturated heterocycles. The van der Waals surface area contributed by atoms with Gasteiger partial charge >= 0.3 is 5.97 Å². The second-order valence-corrected chi connectivity index (χ2v) is 5.33. The van der Waals surface area contributed by atoms with Gasteiger partial charge < -0.3 is 14.2 Å². The average molecular weight is 278 g/mol. The number of benzene rings is 1. The van der Waals surface area contributed by atoms with E-state index in [1.165, 1.54) is 11.3 Å². The lowest BCUT2D eigenvalue weighted by Crippen LogP contribution is -2.15. The Hall–Kier alpha value is -1.75. The van der Waals surface area contributed by atoms with E-state index in [1.807, 2.05) is 25.1 Å². The first-order valence-corrected chi connectivity index (χ1v) is 7.11. The molecule has 0 fully saturated rings. The molecule has 2 heterocycles. The van der Waals surface area contributed by atoms with Gasteiger partial charge in [-0.05, 0) is 24.4 Å². The summed E-state index contributed by atoms with van der Waals surface area (Å²) in [5.74, 6) is 1.21. The van der Waals surface area contributed by atoms with Crippen LogP contribution < -0.4 is 9.47 Å². The van der Waals surface area contributed by atoms with Gasteiger partial charge in [0.15, 0.2) is 11.5 Å². The first-order chi connectivity index (χ1) is 9.21. The third-order valence-electron chi connectivity index (χ3n) is 2.91. The van der Waals surface area contributed by atoms with Gasteiger partial charge in [0.1, 0.15) is 4.88 Å². The summed E-state index contributed by atoms with van der Waals surface area (Å²) >= 11 is 1.41. The van der Waals surface area contributed by atoms with E-state index in [-0.39, 0.29) is 12.3 Å². The Morgan fingerprint density at radius 2 is 2.00 bits per heavy atom. The van der Waals surface area contributed by atoms with Crippen molar-refractivity contribution < 1.29 is 19.0 Å². The highest BCUT2D eigenvalue weighted by Gasteiger charge is 2.24. The molecule has 0 saturated carbocycles. The molecule has 0 amide bonds. The van der Waals surface area contributed by atoms with Crippen LogP contribution in [0.15, 0.2) is 18.2 Å². The van der Waals surface area contributed by atoms with E-state index in [2.05, 4.69) is 0 Å². The quantitative estimate of drug-likeness (QED) is 0.805. The molecule has 0 spiro atoms. The maximum absolute atomic E-state index is 11.7. The van der Waals surface area contributed by atoms with E-state index in [1.54, 1.807) is 6.92 Å². The van der Waals surface area contributed by atoms with Crippen LogP contribution in [0, 0.1) is 0 Å². The van der Waals surface area contributed by atoms with Gasteiger partial charge in [0.2, 0.25) is 6.29 Å². The van der Waals surface area contributed by atoms with Crippen LogP contribution in [0.4, 0.5) is 0 Å². The first-order valence-electron chi connectivity index (χ1n) is 6.29. The Morgan fingerprint density at radius 1 is 1.26 bits per heavy atom. The van der Waals surface area contributed by atoms with Crippen LogP contribution >= 0.6 is 11.3 Å². The van der Waals surface area contributed by atoms with Crippen LogP contribution in [-0.4, -0.2) is 18.9 Å². The molecule has 0 N–H and O–H groups in total. The molecule has 0 bridgehead atoms. The Bertz CT molecular complexity index is 589. The summed E-state index contributed by atoms with van der Waals surface area (Å²) in [4.78, 5) is 12.3. The lowest BCUT2D eigenvalue weighted by Gasteiger charge is -2.04. The third-order valence-corrected chi connectivity index (χ3v) is 3.99. The van der Waals surface area contributed by atoms with Crippen molar-refractivity contribution in [1.82, 2.24) is 0 Å². The highest BCUT2D eigenvalue weighted by atomic mass is 32.1. The molecule has 19 heavy (non-hydrogen) atoms. The van der Waals surface area contributed by atoms with Crippen LogP contribution in [0.1, 0.15) is 29.9 Å². The van der Waals surface area contributed by atoms with Gasteiger partial charge in [-0.15, -0.1) is 11.3 Å². The average Bonchev–Trinajstić information content (AvgIpc) is 2.97. The highest BCUT2D eigenvalue weighted by molar-refractivity contribution is 7.20. The number of carbonyl (C=O) groups is 1. The van der Waals surface area contributed by atoms with Crippen LogP contribution in [0.25, 0.3) is 10.1 Å². The van der Waals surface area contributed by atoms with E-state index < -0.39 is 0 Å². The van der Waals surface area contributed by atoms with Crippen molar-refractivity contribution in [2.45, 2.75) is 26.6 Å². The van der Waals surface area contributed by atoms with Gasteiger partial charge in [-0.1, -0.05) is 6.92 Å². The van der Waals surface area contributed by atoms with Crippen molar-refractivity contribution in [3.63, 3.8) is 0 Å². The minimum atomic E-state index is -0.280. The summed E-state index contributed by atoms with van der Waals surface area (Å²) in [5, 5.41) is 0.979. The topological polar surface area (TPSA) is 44.8 Å². The van der Waals surface area contributed by atoms with Crippen LogP contribution in [0.3, 0.4) is 0 Å². The van der Waals surface area contributed by atoms with E-state index >= 15 is 0 Å². The second kappa shape index (κ2) is 4.74. The standard InChI is InChI=1S/C14H14O4S/c1-3-13-17-9-5-8-6-12(14(15)16-4-2)19-11(8)7-10(9)18-13/h5-7,13H,3-4H2,1-2H3. The molecular weight excluding hydrogens is 264 g/mol. The maximum atomic E-state index is 11.7. The monoisotopic (exact) mass is 278 g/mol. The number of hydrogen-bond acceptors (Lipinski definition) is 5. The number of fused-ring (bicyclic) bond motifs is 2. The lowest BCUT2D eigenvalue weighted by molar-refractivity contribution is 0.0464. The zero-order valence-electron chi connectivity index (χ0n) is 10.8. The summed E-state index contributed by atoms with van der Waals surface area (Å²) in [6, 6.07) is 5.67. The Kier molecular flexibility index (Phi) is 3.06. The molecule has 1 unspecified atom stereocenters. The van der Waals surface area contributed by atoms with E-state index in [0.717, 1.165) is 28.0 Å². The van der Waals surface area contributed by atoms with E-state index in [4.69, 9.17) is 14.2 Å². The minimum absolute atomic E-state index is 0.198. The Balaban J connectivity index is 1.97. The summed E-state index contributed by atoms with van der Waals surface area (Å²) in [5.41, 5.74) is 0. The van der Waals surface area contributed by atoms with Gasteiger partial charge in [0.25, 0.3) is 0 Å². The SMILES string of the molecule is CCOC(=O)c1cc2cc3c(cc2s1)OC(CC)O3. The van der Waals surface area contributed by atoms with Crippen molar-refractivity contribution in [3.05, 3.63) is 23.1 Å². The van der Waals surface area contributed by atoms with Crippen molar-refractivity contribution in [1.29, 1.82) is 0 Å². The number of rotatable bonds is 3. The zero-order chi connectivity index (χ0) is 13.4. The molecule has 3 rings (SSSR count). The third kappa shape index (κ3) is 2.14. The maximum Gasteiger partial charge on any atom is 0.348 e. The highest BCUT2D eigenvalue weighted by Crippen LogP contribution is 2.41. The fourth-order valence-electron chi connectivity index (χ4n) is 2.01. The molecule has 2 aromatic rings. The molecule has 1 aliphatic heterocycles. The van der Waals surface area contributed by atoms with Gasteiger partial charge in [-0.2, -0.15) is 0 Å². The fourth-order valence-corrected chi connectivity index (χ4v) is 2.98. The number of esters is 1. The Labute approximate surface area is 114 Å². The van der Waals surface area contributed by atoms with Crippen LogP contribution in [0.2, 0.25) is 0 Å². The molecule has 1 aromatic heterocycles. The van der Waals surface area contributed by atoms with Crippen molar-refractivity contribution in [3.8, 4) is 11.5 Å². The Morgan fingerprint density at radius 3 is 2.68 bits per heavy atom. The number of carbonyl (C=O) groups excluding carboxylic acids is 1. The molecule has 0 radical (unpaired) electrons. The predicted molar refractivity (Wildman–Crippen MR) is 73.1 cm³/mol. The summed E-state index contributed by atoms with van der Waals surface area (Å²) in [6.45, 7) is 4.19. The fraction of sp³-hybridized carbons (Fsp3) is 0.357. The molecule has 1 aliphatic rings. The minimum Gasteiger partial charge on any atom is -0.462 e. The number of hydrogen-bond donors (Lipinski definition) is 0. The van der Waals surface area contributed by atoms with Gasteiger partial charge in [0, 0.05) is 17.2 Å². The molecule has 1 aromatic carbocycles. The zero-order valence-corrected chi connectivity index (χ0v) is 11.6. The van der Waals surface area contributed by atoms with E-state index in [0.29, 0.717) is 11.5 Å². The van der Waals surface area contributed by atoms with Crippen LogP contribution in [-0.2, 0) is 4.74 Å². The molecule has 100 valence electrons. The number of ether oxygens (including phenoxy) is 3. The van der Waals surface area contributed by atoms with Crippen LogP contribution in [0.5, 0.6) is 11.5 Å². The summed E-state index contributed by atoms with van der Waals surface area (Å²) < 4.78 is 17.3. The summed E-state index contributed by atoms with van der Waals surface area (Å²) in [6.07, 6.45) is 0.604. The molecule has 0 aliphatic carbocycles. The van der Waals surface area contributed by atoms with Gasteiger partial charge in [-0.3, -0.25) is 0 Å². The van der Waals surface area contributed by atoms with E-state index in [9.17, 15) is 4.79 Å². The summed E-state index contributed by atoms with van der Waals surface area (Å²) in [7, 11) is 0. The normalized spacial score (nSPS) is 16.8. The molecular formula is C14H14O4S. The van der Waals surface area contributed by atoms with Crippen molar-refractivity contribution in [2.24, 2.45) is 0 Å². The predicted octanol–water partition coefficient (Wildman–Crippen LogP) is 3.59. The van der Waals surface area contributed by atoms with Gasteiger partial charge in [0.05, 0.1) is 6.61 Å². The lowest BCUT2D eigenvalue weighted by atomic mass is 10.2. The first kappa shape index (κ1) is 12.3.